The molecule has 2 heterocycles. The third-order valence-electron chi connectivity index (χ3n) is 6.81. The highest BCUT2D eigenvalue weighted by Gasteiger charge is 2.28. The summed E-state index contributed by atoms with van der Waals surface area (Å²) in [6.45, 7) is 7.34. The van der Waals surface area contributed by atoms with E-state index >= 15 is 0 Å². The van der Waals surface area contributed by atoms with Crippen molar-refractivity contribution in [3.63, 3.8) is 0 Å². The largest absolute Gasteiger partial charge is 0.352 e. The van der Waals surface area contributed by atoms with E-state index in [0.29, 0.717) is 30.2 Å². The average Bonchev–Trinajstić information content (AvgIpc) is 2.83. The van der Waals surface area contributed by atoms with Crippen molar-refractivity contribution in [1.29, 1.82) is 0 Å². The summed E-state index contributed by atoms with van der Waals surface area (Å²) in [7, 11) is 0. The molecule has 33 heavy (non-hydrogen) atoms. The monoisotopic (exact) mass is 467 g/mol. The van der Waals surface area contributed by atoms with Crippen LogP contribution in [0.2, 0.25) is 5.02 Å². The number of benzene rings is 2. The van der Waals surface area contributed by atoms with E-state index in [1.54, 1.807) is 29.2 Å². The van der Waals surface area contributed by atoms with E-state index in [0.717, 1.165) is 30.9 Å². The highest BCUT2D eigenvalue weighted by atomic mass is 35.5. The number of nitrogens with one attached hydrogen (secondary N) is 1. The second-order valence-electron chi connectivity index (χ2n) is 9.61. The Morgan fingerprint density at radius 2 is 1.64 bits per heavy atom. The molecule has 0 saturated carbocycles. The van der Waals surface area contributed by atoms with Crippen molar-refractivity contribution in [2.75, 3.05) is 26.2 Å². The maximum Gasteiger partial charge on any atom is 0.253 e. The van der Waals surface area contributed by atoms with Crippen LogP contribution < -0.4 is 5.32 Å². The lowest BCUT2D eigenvalue weighted by atomic mass is 9.96. The summed E-state index contributed by atoms with van der Waals surface area (Å²) >= 11 is 5.93. The van der Waals surface area contributed by atoms with Crippen molar-refractivity contribution in [2.45, 2.75) is 45.7 Å². The van der Waals surface area contributed by atoms with E-state index in [4.69, 9.17) is 11.6 Å². The zero-order chi connectivity index (χ0) is 23.2. The van der Waals surface area contributed by atoms with Gasteiger partial charge in [0.25, 0.3) is 5.91 Å². The lowest BCUT2D eigenvalue weighted by molar-refractivity contribution is -0.126. The Kier molecular flexibility index (Phi) is 8.05. The Bertz CT molecular complexity index is 945. The summed E-state index contributed by atoms with van der Waals surface area (Å²) in [5.41, 5.74) is 3.03. The first kappa shape index (κ1) is 23.8. The van der Waals surface area contributed by atoms with Gasteiger partial charge in [-0.1, -0.05) is 42.8 Å². The predicted octanol–water partition coefficient (Wildman–Crippen LogP) is 4.74. The number of piperidine rings is 2. The molecule has 2 aromatic carbocycles. The minimum atomic E-state index is -0.171. The highest BCUT2D eigenvalue weighted by Crippen LogP contribution is 2.21. The maximum atomic E-state index is 12.8. The van der Waals surface area contributed by atoms with Crippen molar-refractivity contribution in [3.05, 3.63) is 70.2 Å². The van der Waals surface area contributed by atoms with E-state index in [9.17, 15) is 9.59 Å². The van der Waals surface area contributed by atoms with E-state index in [2.05, 4.69) is 41.4 Å². The van der Waals surface area contributed by atoms with Crippen LogP contribution in [0.5, 0.6) is 0 Å². The van der Waals surface area contributed by atoms with Crippen LogP contribution in [-0.2, 0) is 17.9 Å². The Hall–Kier alpha value is -2.37. The molecular weight excluding hydrogens is 434 g/mol. The molecule has 2 aliphatic rings. The highest BCUT2D eigenvalue weighted by molar-refractivity contribution is 6.30. The van der Waals surface area contributed by atoms with Gasteiger partial charge in [0.1, 0.15) is 0 Å². The topological polar surface area (TPSA) is 52.7 Å². The van der Waals surface area contributed by atoms with Gasteiger partial charge < -0.3 is 10.2 Å². The van der Waals surface area contributed by atoms with E-state index in [-0.39, 0.29) is 17.7 Å². The van der Waals surface area contributed by atoms with E-state index in [1.807, 2.05) is 0 Å². The van der Waals surface area contributed by atoms with Gasteiger partial charge >= 0.3 is 0 Å². The van der Waals surface area contributed by atoms with Crippen LogP contribution in [0, 0.1) is 11.8 Å². The molecule has 0 spiro atoms. The summed E-state index contributed by atoms with van der Waals surface area (Å²) in [5, 5.41) is 3.69. The van der Waals surface area contributed by atoms with Crippen molar-refractivity contribution >= 4 is 23.4 Å². The number of rotatable bonds is 6. The van der Waals surface area contributed by atoms with Gasteiger partial charge in [0.05, 0.1) is 5.92 Å². The van der Waals surface area contributed by atoms with Gasteiger partial charge in [-0.25, -0.2) is 0 Å². The first-order chi connectivity index (χ1) is 16.0. The Labute approximate surface area is 202 Å². The molecule has 0 aromatic heterocycles. The molecule has 0 aliphatic carbocycles. The van der Waals surface area contributed by atoms with Gasteiger partial charge in [-0.15, -0.1) is 0 Å². The molecule has 4 rings (SSSR count). The molecule has 2 atom stereocenters. The molecule has 6 heteroatoms. The first-order valence-corrected chi connectivity index (χ1v) is 12.5. The second-order valence-corrected chi connectivity index (χ2v) is 10.1. The minimum Gasteiger partial charge on any atom is -0.352 e. The molecule has 1 N–H and O–H groups in total. The van der Waals surface area contributed by atoms with Crippen molar-refractivity contribution in [3.8, 4) is 0 Å². The smallest absolute Gasteiger partial charge is 0.253 e. The number of carbonyl (C=O) groups is 2. The average molecular weight is 468 g/mol. The summed E-state index contributed by atoms with van der Waals surface area (Å²) in [6.07, 6.45) is 4.27. The zero-order valence-corrected chi connectivity index (χ0v) is 20.2. The van der Waals surface area contributed by atoms with Crippen LogP contribution in [0.1, 0.15) is 54.1 Å². The summed E-state index contributed by atoms with van der Waals surface area (Å²) < 4.78 is 0. The molecule has 0 radical (unpaired) electrons. The van der Waals surface area contributed by atoms with Crippen LogP contribution in [-0.4, -0.2) is 47.8 Å². The molecular formula is C27H34ClN3O2. The number of nitrogens with zero attached hydrogens (tertiary/aromatic N) is 2. The van der Waals surface area contributed by atoms with Gasteiger partial charge in [-0.2, -0.15) is 0 Å². The van der Waals surface area contributed by atoms with E-state index in [1.165, 1.54) is 31.5 Å². The summed E-state index contributed by atoms with van der Waals surface area (Å²) in [4.78, 5) is 29.9. The number of amides is 2. The van der Waals surface area contributed by atoms with Crippen molar-refractivity contribution in [1.82, 2.24) is 15.1 Å². The van der Waals surface area contributed by atoms with Crippen molar-refractivity contribution < 1.29 is 9.59 Å². The van der Waals surface area contributed by atoms with Gasteiger partial charge in [-0.3, -0.25) is 14.5 Å². The Morgan fingerprint density at radius 1 is 0.939 bits per heavy atom. The molecule has 2 amide bonds. The number of likely N-dealkylation sites (tertiary alicyclic amines) is 2. The number of hydrogen-bond donors (Lipinski definition) is 1. The van der Waals surface area contributed by atoms with Gasteiger partial charge in [0.2, 0.25) is 5.91 Å². The SMILES string of the molecule is CC1CCCN(Cc2ccc(CNC(=O)C3CCCN(C(=O)c4ccc(Cl)cc4)C3)cc2)C1. The maximum absolute atomic E-state index is 12.8. The third-order valence-corrected chi connectivity index (χ3v) is 7.06. The van der Waals surface area contributed by atoms with E-state index < -0.39 is 0 Å². The molecule has 2 aliphatic heterocycles. The standard InChI is InChI=1S/C27H34ClN3O2/c1-20-4-2-14-30(17-20)18-22-8-6-21(7-9-22)16-29-26(32)24-5-3-15-31(19-24)27(33)23-10-12-25(28)13-11-23/h6-13,20,24H,2-5,14-19H2,1H3,(H,29,32). The molecule has 2 saturated heterocycles. The fraction of sp³-hybridized carbons (Fsp3) is 0.481. The molecule has 2 aromatic rings. The van der Waals surface area contributed by atoms with Crippen molar-refractivity contribution in [2.24, 2.45) is 11.8 Å². The molecule has 2 unspecified atom stereocenters. The summed E-state index contributed by atoms with van der Waals surface area (Å²) in [5.74, 6) is 0.596. The summed E-state index contributed by atoms with van der Waals surface area (Å²) in [6, 6.07) is 15.5. The van der Waals surface area contributed by atoms with Gasteiger partial charge in [0, 0.05) is 43.3 Å². The molecule has 176 valence electrons. The van der Waals surface area contributed by atoms with Crippen LogP contribution in [0.15, 0.2) is 48.5 Å². The van der Waals surface area contributed by atoms with Crippen LogP contribution >= 0.6 is 11.6 Å². The predicted molar refractivity (Wildman–Crippen MR) is 132 cm³/mol. The second kappa shape index (κ2) is 11.2. The quantitative estimate of drug-likeness (QED) is 0.667. The first-order valence-electron chi connectivity index (χ1n) is 12.1. The Morgan fingerprint density at radius 3 is 2.36 bits per heavy atom. The lowest BCUT2D eigenvalue weighted by Gasteiger charge is -2.32. The van der Waals surface area contributed by atoms with Gasteiger partial charge in [-0.05, 0) is 73.5 Å². The molecule has 0 bridgehead atoms. The molecule has 5 nitrogen and oxygen atoms in total. The number of carbonyl (C=O) groups excluding carboxylic acids is 2. The lowest BCUT2D eigenvalue weighted by Crippen LogP contribution is -2.45. The molecule has 2 fully saturated rings. The Balaban J connectivity index is 1.25. The number of hydrogen-bond acceptors (Lipinski definition) is 3. The van der Waals surface area contributed by atoms with Crippen LogP contribution in [0.25, 0.3) is 0 Å². The fourth-order valence-electron chi connectivity index (χ4n) is 4.94. The normalized spacial score (nSPS) is 21.6. The van der Waals surface area contributed by atoms with Gasteiger partial charge in [0.15, 0.2) is 0 Å². The van der Waals surface area contributed by atoms with Crippen LogP contribution in [0.3, 0.4) is 0 Å². The number of halogens is 1. The minimum absolute atomic E-state index is 0.0231. The van der Waals surface area contributed by atoms with Crippen LogP contribution in [0.4, 0.5) is 0 Å². The zero-order valence-electron chi connectivity index (χ0n) is 19.4. The fourth-order valence-corrected chi connectivity index (χ4v) is 5.06. The third kappa shape index (κ3) is 6.58.